The highest BCUT2D eigenvalue weighted by Crippen LogP contribution is 2.22. The van der Waals surface area contributed by atoms with Gasteiger partial charge in [-0.15, -0.1) is 0 Å². The van der Waals surface area contributed by atoms with Gasteiger partial charge in [-0.25, -0.2) is 0 Å². The zero-order valence-corrected chi connectivity index (χ0v) is 16.0. The molecular weight excluding hydrogens is 318 g/mol. The van der Waals surface area contributed by atoms with E-state index in [0.29, 0.717) is 0 Å². The summed E-state index contributed by atoms with van der Waals surface area (Å²) in [5.74, 6) is 1.71. The number of aliphatic imine (C=N–C) groups is 1. The molecular formula is C19H27N3OS. The highest BCUT2D eigenvalue weighted by molar-refractivity contribution is 7.99. The first kappa shape index (κ1) is 18.5. The van der Waals surface area contributed by atoms with Crippen LogP contribution in [0.4, 0.5) is 0 Å². The van der Waals surface area contributed by atoms with Crippen LogP contribution in [0.15, 0.2) is 41.4 Å². The molecule has 0 aliphatic heterocycles. The third-order valence-electron chi connectivity index (χ3n) is 4.03. The summed E-state index contributed by atoms with van der Waals surface area (Å²) in [6.07, 6.45) is 2.13. The van der Waals surface area contributed by atoms with Crippen LogP contribution < -0.4 is 15.4 Å². The van der Waals surface area contributed by atoms with Crippen LogP contribution in [0.3, 0.4) is 0 Å². The van der Waals surface area contributed by atoms with E-state index in [0.717, 1.165) is 24.8 Å². The van der Waals surface area contributed by atoms with Gasteiger partial charge in [0, 0.05) is 24.9 Å². The average molecular weight is 346 g/mol. The Labute approximate surface area is 149 Å². The van der Waals surface area contributed by atoms with E-state index in [2.05, 4.69) is 66.1 Å². The third-order valence-corrected chi connectivity index (χ3v) is 5.28. The molecule has 2 N–H and O–H groups in total. The monoisotopic (exact) mass is 345 g/mol. The predicted molar refractivity (Wildman–Crippen MR) is 106 cm³/mol. The summed E-state index contributed by atoms with van der Waals surface area (Å²) in [4.78, 5) is 4.29. The normalized spacial score (nSPS) is 12.3. The number of benzene rings is 2. The van der Waals surface area contributed by atoms with E-state index >= 15 is 0 Å². The molecule has 0 spiro atoms. The molecule has 4 nitrogen and oxygen atoms in total. The Morgan fingerprint density at radius 3 is 2.50 bits per heavy atom. The minimum atomic E-state index is 0.180. The lowest BCUT2D eigenvalue weighted by atomic mass is 10.1. The highest BCUT2D eigenvalue weighted by Gasteiger charge is 2.16. The molecule has 130 valence electrons. The first-order valence-electron chi connectivity index (χ1n) is 8.04. The molecule has 0 aliphatic rings. The Morgan fingerprint density at radius 1 is 1.12 bits per heavy atom. The maximum atomic E-state index is 5.27. The van der Waals surface area contributed by atoms with Gasteiger partial charge in [-0.2, -0.15) is 11.8 Å². The Morgan fingerprint density at radius 2 is 1.83 bits per heavy atom. The molecule has 2 rings (SSSR count). The Bertz CT molecular complexity index is 713. The van der Waals surface area contributed by atoms with Crippen molar-refractivity contribution >= 4 is 28.5 Å². The van der Waals surface area contributed by atoms with Crippen molar-refractivity contribution in [2.75, 3.05) is 27.0 Å². The molecule has 0 heterocycles. The molecule has 0 saturated carbocycles. The van der Waals surface area contributed by atoms with E-state index < -0.39 is 0 Å². The van der Waals surface area contributed by atoms with Gasteiger partial charge in [0.1, 0.15) is 5.75 Å². The molecule has 5 heteroatoms. The summed E-state index contributed by atoms with van der Waals surface area (Å²) in [6.45, 7) is 6.04. The lowest BCUT2D eigenvalue weighted by molar-refractivity contribution is 0.415. The highest BCUT2D eigenvalue weighted by atomic mass is 32.2. The summed E-state index contributed by atoms with van der Waals surface area (Å²) < 4.78 is 5.45. The standard InChI is InChI=1S/C19H27N3OS/c1-19(2,24-5)13-22-18(20-3)21-12-14-6-7-16-11-17(23-4)9-8-15(16)10-14/h6-11H,12-13H2,1-5H3,(H2,20,21,22). The SMILES string of the molecule is CN=C(NCc1ccc2cc(OC)ccc2c1)NCC(C)(C)SC. The van der Waals surface area contributed by atoms with Gasteiger partial charge in [0.05, 0.1) is 7.11 Å². The van der Waals surface area contributed by atoms with Crippen LogP contribution in [0, 0.1) is 0 Å². The first-order chi connectivity index (χ1) is 11.5. The van der Waals surface area contributed by atoms with Crippen LogP contribution in [0.2, 0.25) is 0 Å². The maximum Gasteiger partial charge on any atom is 0.191 e. The molecule has 24 heavy (non-hydrogen) atoms. The van der Waals surface area contributed by atoms with Crippen LogP contribution in [-0.4, -0.2) is 37.7 Å². The van der Waals surface area contributed by atoms with Crippen LogP contribution in [-0.2, 0) is 6.54 Å². The van der Waals surface area contributed by atoms with E-state index in [9.17, 15) is 0 Å². The quantitative estimate of drug-likeness (QED) is 0.620. The zero-order chi connectivity index (χ0) is 17.6. The molecule has 0 aliphatic carbocycles. The van der Waals surface area contributed by atoms with Gasteiger partial charge in [-0.05, 0) is 54.6 Å². The molecule has 2 aromatic rings. The van der Waals surface area contributed by atoms with Gasteiger partial charge >= 0.3 is 0 Å². The topological polar surface area (TPSA) is 45.7 Å². The first-order valence-corrected chi connectivity index (χ1v) is 9.26. The lowest BCUT2D eigenvalue weighted by Crippen LogP contribution is -2.42. The lowest BCUT2D eigenvalue weighted by Gasteiger charge is -2.23. The van der Waals surface area contributed by atoms with Gasteiger partial charge in [0.15, 0.2) is 5.96 Å². The Hall–Kier alpha value is -1.88. The smallest absolute Gasteiger partial charge is 0.191 e. The summed E-state index contributed by atoms with van der Waals surface area (Å²) in [7, 11) is 3.49. The molecule has 0 unspecified atom stereocenters. The van der Waals surface area contributed by atoms with Crippen molar-refractivity contribution in [2.45, 2.75) is 25.1 Å². The van der Waals surface area contributed by atoms with Crippen molar-refractivity contribution in [2.24, 2.45) is 4.99 Å². The second-order valence-electron chi connectivity index (χ2n) is 6.29. The van der Waals surface area contributed by atoms with Gasteiger partial charge in [-0.1, -0.05) is 18.2 Å². The van der Waals surface area contributed by atoms with E-state index in [1.165, 1.54) is 16.3 Å². The summed E-state index contributed by atoms with van der Waals surface area (Å²) in [6, 6.07) is 12.6. The second kappa shape index (κ2) is 8.29. The third kappa shape index (κ3) is 5.06. The Kier molecular flexibility index (Phi) is 6.37. The van der Waals surface area contributed by atoms with E-state index in [1.54, 1.807) is 14.2 Å². The van der Waals surface area contributed by atoms with Crippen LogP contribution in [0.5, 0.6) is 5.75 Å². The van der Waals surface area contributed by atoms with Gasteiger partial charge in [0.2, 0.25) is 0 Å². The number of fused-ring (bicyclic) bond motifs is 1. The van der Waals surface area contributed by atoms with Gasteiger partial charge in [-0.3, -0.25) is 4.99 Å². The van der Waals surface area contributed by atoms with Crippen LogP contribution in [0.1, 0.15) is 19.4 Å². The number of hydrogen-bond donors (Lipinski definition) is 2. The van der Waals surface area contributed by atoms with Crippen molar-refractivity contribution in [1.82, 2.24) is 10.6 Å². The van der Waals surface area contributed by atoms with Crippen LogP contribution >= 0.6 is 11.8 Å². The fourth-order valence-electron chi connectivity index (χ4n) is 2.29. The number of ether oxygens (including phenoxy) is 1. The van der Waals surface area contributed by atoms with E-state index in [1.807, 2.05) is 17.8 Å². The number of methoxy groups -OCH3 is 1. The Balaban J connectivity index is 1.99. The van der Waals surface area contributed by atoms with Gasteiger partial charge in [0.25, 0.3) is 0 Å². The number of nitrogens with zero attached hydrogens (tertiary/aromatic N) is 1. The minimum absolute atomic E-state index is 0.180. The molecule has 0 fully saturated rings. The molecule has 0 radical (unpaired) electrons. The van der Waals surface area contributed by atoms with Crippen molar-refractivity contribution in [3.8, 4) is 5.75 Å². The maximum absolute atomic E-state index is 5.27. The number of nitrogens with one attached hydrogen (secondary N) is 2. The van der Waals surface area contributed by atoms with Crippen molar-refractivity contribution in [3.63, 3.8) is 0 Å². The fourth-order valence-corrected chi connectivity index (χ4v) is 2.50. The van der Waals surface area contributed by atoms with Crippen molar-refractivity contribution in [1.29, 1.82) is 0 Å². The number of guanidine groups is 1. The summed E-state index contributed by atoms with van der Waals surface area (Å²) in [5.41, 5.74) is 1.22. The average Bonchev–Trinajstić information content (AvgIpc) is 2.61. The molecule has 0 bridgehead atoms. The van der Waals surface area contributed by atoms with Crippen molar-refractivity contribution < 1.29 is 4.74 Å². The number of hydrogen-bond acceptors (Lipinski definition) is 3. The summed E-state index contributed by atoms with van der Waals surface area (Å²) >= 11 is 1.84. The fraction of sp³-hybridized carbons (Fsp3) is 0.421. The van der Waals surface area contributed by atoms with E-state index in [4.69, 9.17) is 4.74 Å². The molecule has 2 aromatic carbocycles. The largest absolute Gasteiger partial charge is 0.497 e. The van der Waals surface area contributed by atoms with Crippen LogP contribution in [0.25, 0.3) is 10.8 Å². The molecule has 0 amide bonds. The molecule has 0 atom stereocenters. The van der Waals surface area contributed by atoms with Gasteiger partial charge < -0.3 is 15.4 Å². The molecule has 0 saturated heterocycles. The number of thioether (sulfide) groups is 1. The number of rotatable bonds is 6. The van der Waals surface area contributed by atoms with E-state index in [-0.39, 0.29) is 4.75 Å². The molecule has 0 aromatic heterocycles. The predicted octanol–water partition coefficient (Wildman–Crippen LogP) is 3.66. The van der Waals surface area contributed by atoms with Crippen molar-refractivity contribution in [3.05, 3.63) is 42.0 Å². The second-order valence-corrected chi connectivity index (χ2v) is 7.80. The summed E-state index contributed by atoms with van der Waals surface area (Å²) in [5, 5.41) is 9.15. The minimum Gasteiger partial charge on any atom is -0.497 e. The zero-order valence-electron chi connectivity index (χ0n) is 15.1.